The molecule has 0 aromatic rings. The topological polar surface area (TPSA) is 97.3 Å². The van der Waals surface area contributed by atoms with E-state index in [2.05, 4.69) is 5.32 Å². The Balaban J connectivity index is 3.75. The van der Waals surface area contributed by atoms with E-state index in [4.69, 9.17) is 23.5 Å². The van der Waals surface area contributed by atoms with Crippen LogP contribution in [0.5, 0.6) is 0 Å². The molecule has 0 aromatic carbocycles. The second-order valence-corrected chi connectivity index (χ2v) is 6.86. The summed E-state index contributed by atoms with van der Waals surface area (Å²) in [5.41, 5.74) is 0. The number of hydrogen-bond acceptors (Lipinski definition) is 6. The molecule has 0 heterocycles. The van der Waals surface area contributed by atoms with E-state index >= 15 is 0 Å². The van der Waals surface area contributed by atoms with Gasteiger partial charge < -0.3 is 28.8 Å². The number of hydrogen-bond donors (Lipinski definition) is 3. The summed E-state index contributed by atoms with van der Waals surface area (Å²) in [6.07, 6.45) is -0.626. The Labute approximate surface area is 108 Å². The maximum Gasteiger partial charge on any atom is 0.500 e. The fraction of sp³-hybridized carbons (Fsp3) is 0.900. The first-order valence-electron chi connectivity index (χ1n) is 5.78. The van der Waals surface area contributed by atoms with Gasteiger partial charge in [-0.3, -0.25) is 4.79 Å². The third kappa shape index (κ3) is 7.04. The fourth-order valence-electron chi connectivity index (χ4n) is 1.44. The van der Waals surface area contributed by atoms with Crippen molar-refractivity contribution in [3.63, 3.8) is 0 Å². The molecular weight excluding hydrogens is 258 g/mol. The van der Waals surface area contributed by atoms with E-state index in [1.54, 1.807) is 21.3 Å². The van der Waals surface area contributed by atoms with E-state index in [0.717, 1.165) is 0 Å². The Kier molecular flexibility index (Phi) is 9.15. The van der Waals surface area contributed by atoms with Crippen molar-refractivity contribution in [3.8, 4) is 0 Å². The van der Waals surface area contributed by atoms with Crippen molar-refractivity contribution in [1.29, 1.82) is 0 Å². The minimum atomic E-state index is -2.56. The molecule has 0 rings (SSSR count). The third-order valence-corrected chi connectivity index (χ3v) is 5.38. The lowest BCUT2D eigenvalue weighted by atomic mass is 10.3. The van der Waals surface area contributed by atoms with Crippen molar-refractivity contribution in [2.45, 2.75) is 31.6 Å². The van der Waals surface area contributed by atoms with Crippen molar-refractivity contribution in [2.24, 2.45) is 0 Å². The van der Waals surface area contributed by atoms with Crippen LogP contribution in [0.2, 0.25) is 6.04 Å². The molecule has 1 amide bonds. The molecule has 0 aliphatic rings. The Morgan fingerprint density at radius 3 is 2.22 bits per heavy atom. The van der Waals surface area contributed by atoms with Crippen LogP contribution in [0.25, 0.3) is 0 Å². The van der Waals surface area contributed by atoms with Crippen LogP contribution >= 0.6 is 0 Å². The Morgan fingerprint density at radius 2 is 1.78 bits per heavy atom. The van der Waals surface area contributed by atoms with Gasteiger partial charge in [-0.2, -0.15) is 0 Å². The van der Waals surface area contributed by atoms with Crippen LogP contribution in [0, 0.1) is 0 Å². The van der Waals surface area contributed by atoms with Crippen LogP contribution in [0.4, 0.5) is 0 Å². The van der Waals surface area contributed by atoms with E-state index in [1.807, 2.05) is 0 Å². The molecule has 18 heavy (non-hydrogen) atoms. The van der Waals surface area contributed by atoms with Crippen molar-refractivity contribution in [2.75, 3.05) is 27.9 Å². The average Bonchev–Trinajstić information content (AvgIpc) is 2.37. The predicted octanol–water partition coefficient (Wildman–Crippen LogP) is -0.538. The van der Waals surface area contributed by atoms with Crippen molar-refractivity contribution >= 4 is 14.7 Å². The molecule has 0 aliphatic carbocycles. The van der Waals surface area contributed by atoms with E-state index < -0.39 is 15.1 Å². The highest BCUT2D eigenvalue weighted by Gasteiger charge is 2.36. The second-order valence-electron chi connectivity index (χ2n) is 3.77. The van der Waals surface area contributed by atoms with Gasteiger partial charge in [0, 0.05) is 46.8 Å². The first-order chi connectivity index (χ1) is 8.49. The van der Waals surface area contributed by atoms with Gasteiger partial charge in [0.1, 0.15) is 0 Å². The molecule has 0 radical (unpaired) electrons. The summed E-state index contributed by atoms with van der Waals surface area (Å²) in [4.78, 5) is 11.3. The van der Waals surface area contributed by atoms with Gasteiger partial charge in [-0.15, -0.1) is 0 Å². The molecule has 7 nitrogen and oxygen atoms in total. The Hall–Kier alpha value is -0.513. The largest absolute Gasteiger partial charge is 0.500 e. The maximum atomic E-state index is 11.3. The number of aliphatic hydroxyl groups is 2. The molecule has 0 saturated heterocycles. The van der Waals surface area contributed by atoms with E-state index in [1.165, 1.54) is 0 Å². The molecule has 0 bridgehead atoms. The normalized spacial score (nSPS) is 11.9. The van der Waals surface area contributed by atoms with Gasteiger partial charge in [0.2, 0.25) is 5.91 Å². The number of amides is 1. The highest BCUT2D eigenvalue weighted by atomic mass is 28.4. The molecule has 8 heteroatoms. The van der Waals surface area contributed by atoms with Gasteiger partial charge in [-0.25, -0.2) is 0 Å². The first-order valence-corrected chi connectivity index (χ1v) is 7.71. The fourth-order valence-corrected chi connectivity index (χ4v) is 3.16. The summed E-state index contributed by atoms with van der Waals surface area (Å²) in [6.45, 7) is 0.477. The van der Waals surface area contributed by atoms with Gasteiger partial charge >= 0.3 is 8.80 Å². The van der Waals surface area contributed by atoms with E-state index in [-0.39, 0.29) is 18.7 Å². The zero-order valence-corrected chi connectivity index (χ0v) is 12.1. The maximum absolute atomic E-state index is 11.3. The zero-order valence-electron chi connectivity index (χ0n) is 11.1. The number of carbonyl (C=O) groups is 1. The predicted molar refractivity (Wildman–Crippen MR) is 66.7 cm³/mol. The minimum Gasteiger partial charge on any atom is -0.377 e. The van der Waals surface area contributed by atoms with Crippen LogP contribution in [0.1, 0.15) is 19.3 Å². The summed E-state index contributed by atoms with van der Waals surface area (Å²) >= 11 is 0. The number of aliphatic hydroxyl groups excluding tert-OH is 1. The molecule has 0 spiro atoms. The lowest BCUT2D eigenvalue weighted by Gasteiger charge is -2.24. The van der Waals surface area contributed by atoms with Crippen LogP contribution in [0.15, 0.2) is 0 Å². The van der Waals surface area contributed by atoms with Crippen molar-refractivity contribution in [3.05, 3.63) is 0 Å². The zero-order chi connectivity index (χ0) is 14.0. The average molecular weight is 281 g/mol. The van der Waals surface area contributed by atoms with E-state index in [0.29, 0.717) is 19.0 Å². The first kappa shape index (κ1) is 17.5. The minimum absolute atomic E-state index is 0.0404. The Bertz CT molecular complexity index is 226. The molecule has 0 unspecified atom stereocenters. The molecule has 108 valence electrons. The number of carbonyl (C=O) groups excluding carboxylic acids is 1. The second kappa shape index (κ2) is 9.42. The number of rotatable bonds is 10. The third-order valence-electron chi connectivity index (χ3n) is 2.54. The standard InChI is InChI=1S/C10H23NO6Si/c1-15-18(16-2,17-3)8-4-7-11-9(12)5-6-10(13)14/h10,13-14H,4-8H2,1-3H3,(H,11,12). The summed E-state index contributed by atoms with van der Waals surface area (Å²) in [7, 11) is 2.07. The van der Waals surface area contributed by atoms with Gasteiger partial charge in [0.25, 0.3) is 0 Å². The lowest BCUT2D eigenvalue weighted by Crippen LogP contribution is -2.43. The molecule has 0 aromatic heterocycles. The van der Waals surface area contributed by atoms with E-state index in [9.17, 15) is 4.79 Å². The highest BCUT2D eigenvalue weighted by Crippen LogP contribution is 2.14. The summed E-state index contributed by atoms with van der Waals surface area (Å²) in [5.74, 6) is -0.206. The van der Waals surface area contributed by atoms with Crippen molar-refractivity contribution in [1.82, 2.24) is 5.32 Å². The van der Waals surface area contributed by atoms with Crippen LogP contribution in [-0.4, -0.2) is 59.1 Å². The molecule has 0 aliphatic heterocycles. The van der Waals surface area contributed by atoms with Gasteiger partial charge in [-0.1, -0.05) is 0 Å². The van der Waals surface area contributed by atoms with Gasteiger partial charge in [0.15, 0.2) is 6.29 Å². The van der Waals surface area contributed by atoms with Crippen LogP contribution < -0.4 is 5.32 Å². The van der Waals surface area contributed by atoms with Gasteiger partial charge in [0.05, 0.1) is 0 Å². The quantitative estimate of drug-likeness (QED) is 0.283. The summed E-state index contributed by atoms with van der Waals surface area (Å²) in [5, 5.41) is 19.9. The Morgan fingerprint density at radius 1 is 1.22 bits per heavy atom. The summed E-state index contributed by atoms with van der Waals surface area (Å²) < 4.78 is 15.7. The van der Waals surface area contributed by atoms with Crippen molar-refractivity contribution < 1.29 is 28.3 Å². The molecule has 3 N–H and O–H groups in total. The highest BCUT2D eigenvalue weighted by molar-refractivity contribution is 6.60. The molecule has 0 saturated carbocycles. The molecule has 0 fully saturated rings. The summed E-state index contributed by atoms with van der Waals surface area (Å²) in [6, 6.07) is 0.611. The molecule has 0 atom stereocenters. The van der Waals surface area contributed by atoms with Gasteiger partial charge in [-0.05, 0) is 6.42 Å². The SMILES string of the molecule is CO[Si](CCCNC(=O)CCC(O)O)(OC)OC. The smallest absolute Gasteiger partial charge is 0.377 e. The molecular formula is C10H23NO6Si. The lowest BCUT2D eigenvalue weighted by molar-refractivity contribution is -0.123. The van der Waals surface area contributed by atoms with Crippen LogP contribution in [-0.2, 0) is 18.1 Å². The number of nitrogens with one attached hydrogen (secondary N) is 1. The van der Waals surface area contributed by atoms with Crippen LogP contribution in [0.3, 0.4) is 0 Å². The monoisotopic (exact) mass is 281 g/mol.